The summed E-state index contributed by atoms with van der Waals surface area (Å²) in [6, 6.07) is 6.91. The van der Waals surface area contributed by atoms with E-state index in [1.165, 1.54) is 0 Å². The fourth-order valence-corrected chi connectivity index (χ4v) is 1.71. The molecule has 0 saturated heterocycles. The first-order valence-corrected chi connectivity index (χ1v) is 5.96. The van der Waals surface area contributed by atoms with Crippen molar-refractivity contribution >= 4 is 34.8 Å². The maximum atomic E-state index is 5.96. The molecule has 0 radical (unpaired) electrons. The molecule has 2 nitrogen and oxygen atoms in total. The molecule has 0 saturated carbocycles. The van der Waals surface area contributed by atoms with E-state index >= 15 is 0 Å². The van der Waals surface area contributed by atoms with Gasteiger partial charge in [0.15, 0.2) is 0 Å². The van der Waals surface area contributed by atoms with Gasteiger partial charge in [0.05, 0.1) is 15.1 Å². The largest absolute Gasteiger partial charge is 0.489 e. The summed E-state index contributed by atoms with van der Waals surface area (Å²) in [5, 5.41) is 1.54. The fourth-order valence-electron chi connectivity index (χ4n) is 1.25. The third-order valence-corrected chi connectivity index (χ3v) is 3.22. The van der Waals surface area contributed by atoms with Crippen molar-refractivity contribution in [3.05, 3.63) is 57.3 Å². The molecule has 1 aromatic carbocycles. The first-order valence-electron chi connectivity index (χ1n) is 4.83. The lowest BCUT2D eigenvalue weighted by atomic mass is 10.3. The normalized spacial score (nSPS) is 10.3. The van der Waals surface area contributed by atoms with Crippen molar-refractivity contribution in [3.63, 3.8) is 0 Å². The van der Waals surface area contributed by atoms with Crippen molar-refractivity contribution in [1.29, 1.82) is 0 Å². The molecular formula is C12H8Cl3NO. The molecule has 0 aliphatic rings. The summed E-state index contributed by atoms with van der Waals surface area (Å²) in [6.45, 7) is 0.360. The smallest absolute Gasteiger partial charge is 0.121 e. The van der Waals surface area contributed by atoms with Gasteiger partial charge in [-0.2, -0.15) is 0 Å². The van der Waals surface area contributed by atoms with Gasteiger partial charge in [-0.1, -0.05) is 34.8 Å². The van der Waals surface area contributed by atoms with Gasteiger partial charge >= 0.3 is 0 Å². The van der Waals surface area contributed by atoms with Crippen LogP contribution in [0.1, 0.15) is 5.56 Å². The molecule has 0 atom stereocenters. The molecule has 1 heterocycles. The number of hydrogen-bond acceptors (Lipinski definition) is 2. The van der Waals surface area contributed by atoms with Crippen LogP contribution in [0, 0.1) is 0 Å². The first kappa shape index (κ1) is 12.5. The lowest BCUT2D eigenvalue weighted by molar-refractivity contribution is 0.306. The minimum absolute atomic E-state index is 0.360. The highest BCUT2D eigenvalue weighted by atomic mass is 35.5. The van der Waals surface area contributed by atoms with Gasteiger partial charge < -0.3 is 4.74 Å². The molecule has 1 aromatic heterocycles. The summed E-state index contributed by atoms with van der Waals surface area (Å²) in [7, 11) is 0. The van der Waals surface area contributed by atoms with Crippen LogP contribution in [-0.2, 0) is 6.61 Å². The second-order valence-electron chi connectivity index (χ2n) is 3.33. The number of aromatic nitrogens is 1. The van der Waals surface area contributed by atoms with E-state index in [1.807, 2.05) is 0 Å². The van der Waals surface area contributed by atoms with Crippen LogP contribution in [-0.4, -0.2) is 4.98 Å². The quantitative estimate of drug-likeness (QED) is 0.822. The van der Waals surface area contributed by atoms with Crippen LogP contribution in [0.3, 0.4) is 0 Å². The van der Waals surface area contributed by atoms with Gasteiger partial charge in [0, 0.05) is 24.0 Å². The van der Waals surface area contributed by atoms with E-state index < -0.39 is 0 Å². The number of hydrogen-bond donors (Lipinski definition) is 0. The molecule has 0 bridgehead atoms. The topological polar surface area (TPSA) is 22.1 Å². The molecule has 17 heavy (non-hydrogen) atoms. The molecule has 2 rings (SSSR count). The lowest BCUT2D eigenvalue weighted by Gasteiger charge is -2.08. The minimum Gasteiger partial charge on any atom is -0.489 e. The van der Waals surface area contributed by atoms with Crippen molar-refractivity contribution in [2.24, 2.45) is 0 Å². The summed E-state index contributed by atoms with van der Waals surface area (Å²) in [5.41, 5.74) is 0.868. The summed E-state index contributed by atoms with van der Waals surface area (Å²) in [5.74, 6) is 0.646. The molecule has 0 aliphatic heterocycles. The van der Waals surface area contributed by atoms with Crippen molar-refractivity contribution in [3.8, 4) is 5.75 Å². The zero-order valence-corrected chi connectivity index (χ0v) is 10.9. The van der Waals surface area contributed by atoms with E-state index in [9.17, 15) is 0 Å². The van der Waals surface area contributed by atoms with Crippen LogP contribution in [0.25, 0.3) is 0 Å². The van der Waals surface area contributed by atoms with Gasteiger partial charge in [-0.25, -0.2) is 0 Å². The number of pyridine rings is 1. The number of rotatable bonds is 3. The second kappa shape index (κ2) is 5.58. The molecule has 2 aromatic rings. The van der Waals surface area contributed by atoms with Crippen LogP contribution in [0.2, 0.25) is 15.1 Å². The molecule has 88 valence electrons. The Morgan fingerprint density at radius 2 is 1.82 bits per heavy atom. The lowest BCUT2D eigenvalue weighted by Crippen LogP contribution is -1.96. The number of halogens is 3. The maximum absolute atomic E-state index is 5.96. The van der Waals surface area contributed by atoms with Crippen LogP contribution in [0.5, 0.6) is 5.75 Å². The van der Waals surface area contributed by atoms with Crippen LogP contribution in [0.15, 0.2) is 36.7 Å². The zero-order valence-electron chi connectivity index (χ0n) is 8.66. The van der Waals surface area contributed by atoms with E-state index in [-0.39, 0.29) is 0 Å². The van der Waals surface area contributed by atoms with Crippen molar-refractivity contribution in [2.45, 2.75) is 6.61 Å². The Hall–Kier alpha value is -0.960. The molecular weight excluding hydrogens is 280 g/mol. The molecule has 0 unspecified atom stereocenters. The van der Waals surface area contributed by atoms with Crippen molar-refractivity contribution < 1.29 is 4.74 Å². The molecule has 0 N–H and O–H groups in total. The standard InChI is InChI=1S/C12H8Cl3NO/c13-10-2-1-9(5-11(10)14)17-7-8-3-4-16-6-12(8)15/h1-6H,7H2. The Bertz CT molecular complexity index is 531. The van der Waals surface area contributed by atoms with Crippen LogP contribution >= 0.6 is 34.8 Å². The highest BCUT2D eigenvalue weighted by Crippen LogP contribution is 2.27. The predicted octanol–water partition coefficient (Wildman–Crippen LogP) is 4.62. The Balaban J connectivity index is 2.08. The number of benzene rings is 1. The average Bonchev–Trinajstić information content (AvgIpc) is 2.32. The molecule has 5 heteroatoms. The number of nitrogens with zero attached hydrogens (tertiary/aromatic N) is 1. The predicted molar refractivity (Wildman–Crippen MR) is 70.0 cm³/mol. The molecule has 0 aliphatic carbocycles. The number of ether oxygens (including phenoxy) is 1. The zero-order chi connectivity index (χ0) is 12.3. The average molecular weight is 289 g/mol. The highest BCUT2D eigenvalue weighted by molar-refractivity contribution is 6.42. The monoisotopic (exact) mass is 287 g/mol. The van der Waals surface area contributed by atoms with Gasteiger partial charge in [0.2, 0.25) is 0 Å². The van der Waals surface area contributed by atoms with Crippen molar-refractivity contribution in [2.75, 3.05) is 0 Å². The maximum Gasteiger partial charge on any atom is 0.121 e. The van der Waals surface area contributed by atoms with Crippen LogP contribution in [0.4, 0.5) is 0 Å². The first-order chi connectivity index (χ1) is 8.16. The van der Waals surface area contributed by atoms with Gasteiger partial charge in [-0.3, -0.25) is 4.98 Å². The summed E-state index contributed by atoms with van der Waals surface area (Å²) >= 11 is 17.6. The fraction of sp³-hybridized carbons (Fsp3) is 0.0833. The summed E-state index contributed by atoms with van der Waals surface area (Å²) < 4.78 is 5.55. The van der Waals surface area contributed by atoms with Crippen molar-refractivity contribution in [1.82, 2.24) is 4.98 Å². The molecule has 0 spiro atoms. The minimum atomic E-state index is 0.360. The third-order valence-electron chi connectivity index (χ3n) is 2.14. The molecule has 0 amide bonds. The Morgan fingerprint density at radius 3 is 2.53 bits per heavy atom. The van der Waals surface area contributed by atoms with Gasteiger partial charge in [0.1, 0.15) is 12.4 Å². The van der Waals surface area contributed by atoms with E-state index in [0.717, 1.165) is 5.56 Å². The van der Waals surface area contributed by atoms with Crippen LogP contribution < -0.4 is 4.74 Å². The highest BCUT2D eigenvalue weighted by Gasteiger charge is 2.03. The third kappa shape index (κ3) is 3.25. The summed E-state index contributed by atoms with van der Waals surface area (Å²) in [6.07, 6.45) is 3.24. The summed E-state index contributed by atoms with van der Waals surface area (Å²) in [4.78, 5) is 3.90. The SMILES string of the molecule is Clc1ccc(OCc2ccncc2Cl)cc1Cl. The van der Waals surface area contributed by atoms with E-state index in [4.69, 9.17) is 39.5 Å². The van der Waals surface area contributed by atoms with Gasteiger partial charge in [-0.05, 0) is 18.2 Å². The van der Waals surface area contributed by atoms with E-state index in [2.05, 4.69) is 4.98 Å². The Kier molecular flexibility index (Phi) is 4.11. The van der Waals surface area contributed by atoms with Gasteiger partial charge in [-0.15, -0.1) is 0 Å². The molecule has 0 fully saturated rings. The Labute approximate surface area is 114 Å². The second-order valence-corrected chi connectivity index (χ2v) is 4.55. The van der Waals surface area contributed by atoms with Gasteiger partial charge in [0.25, 0.3) is 0 Å². The Morgan fingerprint density at radius 1 is 1.00 bits per heavy atom. The van der Waals surface area contributed by atoms with E-state index in [1.54, 1.807) is 36.7 Å². The van der Waals surface area contributed by atoms with E-state index in [0.29, 0.717) is 27.4 Å².